The van der Waals surface area contributed by atoms with Crippen LogP contribution in [0.2, 0.25) is 0 Å². The van der Waals surface area contributed by atoms with Gasteiger partial charge in [0.1, 0.15) is 6.10 Å². The molecule has 0 bridgehead atoms. The van der Waals surface area contributed by atoms with Gasteiger partial charge in [0.05, 0.1) is 13.0 Å². The van der Waals surface area contributed by atoms with Crippen LogP contribution in [0, 0.1) is 0 Å². The lowest BCUT2D eigenvalue weighted by Crippen LogP contribution is -2.47. The van der Waals surface area contributed by atoms with E-state index in [0.29, 0.717) is 19.3 Å². The first kappa shape index (κ1) is 31.3. The maximum absolute atomic E-state index is 13.1. The van der Waals surface area contributed by atoms with Gasteiger partial charge in [-0.25, -0.2) is 0 Å². The van der Waals surface area contributed by atoms with Crippen LogP contribution < -0.4 is 0 Å². The summed E-state index contributed by atoms with van der Waals surface area (Å²) in [7, 11) is 0. The Bertz CT molecular complexity index is 2060. The van der Waals surface area contributed by atoms with Crippen molar-refractivity contribution in [1.29, 1.82) is 0 Å². The van der Waals surface area contributed by atoms with Crippen molar-refractivity contribution in [2.75, 3.05) is 6.61 Å². The number of carbonyl (C=O) groups excluding carboxylic acids is 3. The number of benzene rings is 3. The molecule has 0 amide bonds. The zero-order valence-corrected chi connectivity index (χ0v) is 26.4. The van der Waals surface area contributed by atoms with Crippen LogP contribution >= 0.6 is 0 Å². The average molecular weight is 648 g/mol. The summed E-state index contributed by atoms with van der Waals surface area (Å²) in [5.41, 5.74) is 6.06. The smallest absolute Gasteiger partial charge is 0.308 e. The number of fused-ring (bicyclic) bond motifs is 3. The summed E-state index contributed by atoms with van der Waals surface area (Å²) in [6.07, 6.45) is 5.05. The second kappa shape index (κ2) is 14.2. The first-order chi connectivity index (χ1) is 23.5. The normalized spacial score (nSPS) is 17.9. The highest BCUT2D eigenvalue weighted by Gasteiger charge is 2.38. The maximum Gasteiger partial charge on any atom is 0.308 e. The molecule has 1 aliphatic rings. The van der Waals surface area contributed by atoms with Crippen molar-refractivity contribution in [1.82, 2.24) is 15.0 Å². The van der Waals surface area contributed by atoms with E-state index in [2.05, 4.69) is 15.0 Å². The summed E-state index contributed by atoms with van der Waals surface area (Å²) < 4.78 is 23.2. The fourth-order valence-corrected chi connectivity index (χ4v) is 6.42. The summed E-state index contributed by atoms with van der Waals surface area (Å²) in [5, 5.41) is 3.17. The summed E-state index contributed by atoms with van der Waals surface area (Å²) in [5.74, 6) is -1.29. The second-order valence-corrected chi connectivity index (χ2v) is 12.1. The summed E-state index contributed by atoms with van der Waals surface area (Å²) >= 11 is 0. The van der Waals surface area contributed by atoms with Crippen molar-refractivity contribution in [2.45, 2.75) is 63.4 Å². The van der Waals surface area contributed by atoms with Gasteiger partial charge in [-0.3, -0.25) is 14.4 Å². The fourth-order valence-electron chi connectivity index (χ4n) is 6.42. The van der Waals surface area contributed by atoms with Gasteiger partial charge in [-0.1, -0.05) is 54.6 Å². The molecule has 1 aliphatic heterocycles. The standard InChI is InChI=1S/C38H37N3O7/c42-35(16-13-24-20-39-30-10-4-1-7-27(24)30)46-33-19-38(48-37(44)18-15-26-22-41-32-12-6-3-9-29(26)32)45-23-34(33)47-36(43)17-14-25-21-40-31-11-5-2-8-28(25)31/h1-12,20-22,33-34,38-41H,13-19,23H2/t33-,34+,38+/m0/s1. The minimum atomic E-state index is -0.937. The molecule has 1 saturated heterocycles. The van der Waals surface area contributed by atoms with Gasteiger partial charge in [0.15, 0.2) is 6.10 Å². The van der Waals surface area contributed by atoms with Crippen LogP contribution in [0.4, 0.5) is 0 Å². The number of hydrogen-bond donors (Lipinski definition) is 3. The van der Waals surface area contributed by atoms with Gasteiger partial charge in [0.2, 0.25) is 6.29 Å². The molecule has 3 aromatic carbocycles. The van der Waals surface area contributed by atoms with E-state index in [0.717, 1.165) is 49.4 Å². The van der Waals surface area contributed by atoms with E-state index < -0.39 is 36.4 Å². The molecule has 7 rings (SSSR count). The molecule has 0 spiro atoms. The summed E-state index contributed by atoms with van der Waals surface area (Å²) in [6.45, 7) is -0.0698. The molecule has 1 fully saturated rings. The molecule has 3 aromatic heterocycles. The van der Waals surface area contributed by atoms with E-state index in [1.54, 1.807) is 0 Å². The van der Waals surface area contributed by atoms with Crippen molar-refractivity contribution in [3.8, 4) is 0 Å². The van der Waals surface area contributed by atoms with Crippen LogP contribution in [0.5, 0.6) is 0 Å². The number of aryl methyl sites for hydroxylation is 3. The molecule has 0 radical (unpaired) electrons. The number of hydrogen-bond acceptors (Lipinski definition) is 7. The lowest BCUT2D eigenvalue weighted by molar-refractivity contribution is -0.230. The number of carbonyl (C=O) groups is 3. The monoisotopic (exact) mass is 647 g/mol. The molecule has 4 heterocycles. The molecule has 10 nitrogen and oxygen atoms in total. The topological polar surface area (TPSA) is 136 Å². The molecular formula is C38H37N3O7. The Kier molecular flexibility index (Phi) is 9.24. The molecule has 6 aromatic rings. The molecule has 246 valence electrons. The summed E-state index contributed by atoms with van der Waals surface area (Å²) in [6, 6.07) is 23.7. The number of para-hydroxylation sites is 3. The number of H-pyrrole nitrogens is 3. The molecule has 3 atom stereocenters. The predicted octanol–water partition coefficient (Wildman–Crippen LogP) is 6.44. The van der Waals surface area contributed by atoms with Crippen molar-refractivity contribution >= 4 is 50.6 Å². The zero-order valence-electron chi connectivity index (χ0n) is 26.4. The van der Waals surface area contributed by atoms with Crippen LogP contribution in [-0.2, 0) is 52.6 Å². The first-order valence-electron chi connectivity index (χ1n) is 16.3. The molecule has 0 saturated carbocycles. The third kappa shape index (κ3) is 7.13. The van der Waals surface area contributed by atoms with Gasteiger partial charge < -0.3 is 33.9 Å². The quantitative estimate of drug-likeness (QED) is 0.103. The first-order valence-corrected chi connectivity index (χ1v) is 16.3. The molecule has 0 aliphatic carbocycles. The lowest BCUT2D eigenvalue weighted by Gasteiger charge is -2.34. The second-order valence-electron chi connectivity index (χ2n) is 12.1. The fraction of sp³-hybridized carbons (Fsp3) is 0.289. The number of aromatic amines is 3. The molecule has 0 unspecified atom stereocenters. The Morgan fingerprint density at radius 3 is 1.42 bits per heavy atom. The van der Waals surface area contributed by atoms with Crippen molar-refractivity contribution in [3.05, 3.63) is 108 Å². The van der Waals surface area contributed by atoms with Gasteiger partial charge in [0, 0.05) is 70.6 Å². The molecule has 48 heavy (non-hydrogen) atoms. The third-order valence-corrected chi connectivity index (χ3v) is 8.93. The Hall–Kier alpha value is -5.35. The zero-order chi connectivity index (χ0) is 32.9. The van der Waals surface area contributed by atoms with Gasteiger partial charge in [0.25, 0.3) is 0 Å². The number of nitrogens with one attached hydrogen (secondary N) is 3. The van der Waals surface area contributed by atoms with Crippen molar-refractivity contribution in [2.24, 2.45) is 0 Å². The molecule has 10 heteroatoms. The van der Waals surface area contributed by atoms with E-state index in [1.807, 2.05) is 91.4 Å². The minimum absolute atomic E-state index is 0.0536. The van der Waals surface area contributed by atoms with Crippen LogP contribution in [0.1, 0.15) is 42.4 Å². The number of rotatable bonds is 12. The predicted molar refractivity (Wildman–Crippen MR) is 180 cm³/mol. The van der Waals surface area contributed by atoms with E-state index >= 15 is 0 Å². The Balaban J connectivity index is 0.969. The van der Waals surface area contributed by atoms with Crippen LogP contribution in [0.25, 0.3) is 32.7 Å². The number of esters is 3. The average Bonchev–Trinajstić information content (AvgIpc) is 3.83. The van der Waals surface area contributed by atoms with Gasteiger partial charge >= 0.3 is 17.9 Å². The number of ether oxygens (including phenoxy) is 4. The lowest BCUT2D eigenvalue weighted by atomic mass is 10.1. The van der Waals surface area contributed by atoms with Crippen LogP contribution in [-0.4, -0.2) is 58.0 Å². The van der Waals surface area contributed by atoms with Crippen molar-refractivity contribution in [3.63, 3.8) is 0 Å². The van der Waals surface area contributed by atoms with Gasteiger partial charge in [-0.2, -0.15) is 0 Å². The van der Waals surface area contributed by atoms with E-state index in [4.69, 9.17) is 18.9 Å². The highest BCUT2D eigenvalue weighted by atomic mass is 16.7. The minimum Gasteiger partial charge on any atom is -0.458 e. The Labute approximate surface area is 276 Å². The Morgan fingerprint density at radius 2 is 0.958 bits per heavy atom. The maximum atomic E-state index is 13.1. The van der Waals surface area contributed by atoms with E-state index in [1.165, 1.54) is 0 Å². The SMILES string of the molecule is O=C(CCc1c[nH]c2ccccc12)O[C@@H]1C[C@H](OC(=O)CCc2c[nH]c3ccccc23)[C@H](OC(=O)CCc2c[nH]c3ccccc23)CO1. The largest absolute Gasteiger partial charge is 0.458 e. The Morgan fingerprint density at radius 1 is 0.562 bits per heavy atom. The van der Waals surface area contributed by atoms with Crippen LogP contribution in [0.3, 0.4) is 0 Å². The third-order valence-electron chi connectivity index (χ3n) is 8.93. The van der Waals surface area contributed by atoms with Crippen LogP contribution in [0.15, 0.2) is 91.4 Å². The summed E-state index contributed by atoms with van der Waals surface area (Å²) in [4.78, 5) is 48.7. The number of aromatic nitrogens is 3. The van der Waals surface area contributed by atoms with Gasteiger partial charge in [-0.05, 0) is 54.2 Å². The van der Waals surface area contributed by atoms with Crippen molar-refractivity contribution < 1.29 is 33.3 Å². The van der Waals surface area contributed by atoms with Gasteiger partial charge in [-0.15, -0.1) is 0 Å². The van der Waals surface area contributed by atoms with E-state index in [9.17, 15) is 14.4 Å². The highest BCUT2D eigenvalue weighted by molar-refractivity contribution is 5.85. The van der Waals surface area contributed by atoms with E-state index in [-0.39, 0.29) is 32.3 Å². The molecular weight excluding hydrogens is 610 g/mol. The molecule has 3 N–H and O–H groups in total. The highest BCUT2D eigenvalue weighted by Crippen LogP contribution is 2.26.